The van der Waals surface area contributed by atoms with Gasteiger partial charge in [0.2, 0.25) is 0 Å². The van der Waals surface area contributed by atoms with Crippen LogP contribution in [0, 0.1) is 0 Å². The quantitative estimate of drug-likeness (QED) is 0.551. The molecule has 0 unspecified atom stereocenters. The molecular weight excluding hydrogens is 382 g/mol. The van der Waals surface area contributed by atoms with Gasteiger partial charge in [0.1, 0.15) is 5.69 Å². The van der Waals surface area contributed by atoms with Gasteiger partial charge in [-0.15, -0.1) is 11.3 Å². The van der Waals surface area contributed by atoms with E-state index in [2.05, 4.69) is 20.4 Å². The Kier molecular flexibility index (Phi) is 4.70. The highest BCUT2D eigenvalue weighted by molar-refractivity contribution is 7.14. The van der Waals surface area contributed by atoms with Crippen molar-refractivity contribution in [2.45, 2.75) is 0 Å². The fourth-order valence-electron chi connectivity index (χ4n) is 2.63. The number of aryl methyl sites for hydroxylation is 1. The third kappa shape index (κ3) is 3.60. The second-order valence-electron chi connectivity index (χ2n) is 5.75. The Morgan fingerprint density at radius 2 is 1.93 bits per heavy atom. The van der Waals surface area contributed by atoms with E-state index in [0.717, 1.165) is 16.8 Å². The Morgan fingerprint density at radius 3 is 2.70 bits per heavy atom. The number of hydrogen-bond donors (Lipinski definition) is 1. The molecule has 3 aromatic heterocycles. The van der Waals surface area contributed by atoms with Crippen LogP contribution in [-0.2, 0) is 7.05 Å². The smallest absolute Gasteiger partial charge is 0.275 e. The summed E-state index contributed by atoms with van der Waals surface area (Å²) < 4.78 is 1.53. The summed E-state index contributed by atoms with van der Waals surface area (Å²) in [6, 6.07) is 12.9. The van der Waals surface area contributed by atoms with Gasteiger partial charge < -0.3 is 0 Å². The van der Waals surface area contributed by atoms with Crippen LogP contribution in [0.15, 0.2) is 60.2 Å². The van der Waals surface area contributed by atoms with Crippen molar-refractivity contribution in [1.29, 1.82) is 0 Å². The van der Waals surface area contributed by atoms with Crippen LogP contribution in [0.2, 0.25) is 5.02 Å². The summed E-state index contributed by atoms with van der Waals surface area (Å²) in [5.41, 5.74) is 3.58. The summed E-state index contributed by atoms with van der Waals surface area (Å²) >= 11 is 7.59. The van der Waals surface area contributed by atoms with Gasteiger partial charge in [0.25, 0.3) is 5.91 Å². The first kappa shape index (κ1) is 17.4. The number of halogens is 1. The maximum Gasteiger partial charge on any atom is 0.275 e. The first-order valence-corrected chi connectivity index (χ1v) is 9.34. The van der Waals surface area contributed by atoms with Crippen molar-refractivity contribution < 1.29 is 4.79 Å². The van der Waals surface area contributed by atoms with Crippen LogP contribution < -0.4 is 5.32 Å². The Hall–Kier alpha value is -3.03. The molecule has 0 bridgehead atoms. The first-order valence-electron chi connectivity index (χ1n) is 8.08. The SMILES string of the molecule is Cn1nc(-c2ccccc2Cl)cc1C(=O)Nc1nc(-c2ccncc2)cs1. The zero-order valence-corrected chi connectivity index (χ0v) is 15.8. The molecule has 6 nitrogen and oxygen atoms in total. The van der Waals surface area contributed by atoms with Crippen molar-refractivity contribution in [3.05, 3.63) is 71.0 Å². The Labute approximate surface area is 164 Å². The summed E-state index contributed by atoms with van der Waals surface area (Å²) in [6.07, 6.45) is 3.41. The van der Waals surface area contributed by atoms with Crippen LogP contribution >= 0.6 is 22.9 Å². The lowest BCUT2D eigenvalue weighted by atomic mass is 10.1. The molecule has 0 aliphatic carbocycles. The molecule has 4 aromatic rings. The normalized spacial score (nSPS) is 10.7. The van der Waals surface area contributed by atoms with Crippen LogP contribution in [-0.4, -0.2) is 25.7 Å². The van der Waals surface area contributed by atoms with E-state index in [1.54, 1.807) is 31.6 Å². The largest absolute Gasteiger partial charge is 0.296 e. The Balaban J connectivity index is 1.56. The highest BCUT2D eigenvalue weighted by Crippen LogP contribution is 2.28. The van der Waals surface area contributed by atoms with Gasteiger partial charge in [-0.2, -0.15) is 5.10 Å². The molecule has 0 atom stereocenters. The number of aromatic nitrogens is 4. The van der Waals surface area contributed by atoms with Crippen LogP contribution in [0.1, 0.15) is 10.5 Å². The zero-order valence-electron chi connectivity index (χ0n) is 14.3. The number of nitrogens with one attached hydrogen (secondary N) is 1. The Bertz CT molecular complexity index is 1110. The molecule has 0 spiro atoms. The number of benzene rings is 1. The van der Waals surface area contributed by atoms with Crippen molar-refractivity contribution in [2.24, 2.45) is 7.05 Å². The summed E-state index contributed by atoms with van der Waals surface area (Å²) in [6.45, 7) is 0. The fourth-order valence-corrected chi connectivity index (χ4v) is 3.58. The predicted molar refractivity (Wildman–Crippen MR) is 107 cm³/mol. The van der Waals surface area contributed by atoms with Crippen LogP contribution in [0.5, 0.6) is 0 Å². The topological polar surface area (TPSA) is 72.7 Å². The van der Waals surface area contributed by atoms with Crippen molar-refractivity contribution >= 4 is 34.0 Å². The number of rotatable bonds is 4. The average molecular weight is 396 g/mol. The zero-order chi connectivity index (χ0) is 18.8. The average Bonchev–Trinajstić information content (AvgIpc) is 3.29. The van der Waals surface area contributed by atoms with Gasteiger partial charge >= 0.3 is 0 Å². The van der Waals surface area contributed by atoms with Gasteiger partial charge in [0.05, 0.1) is 16.4 Å². The van der Waals surface area contributed by atoms with Gasteiger partial charge in [0, 0.05) is 35.9 Å². The van der Waals surface area contributed by atoms with E-state index >= 15 is 0 Å². The predicted octanol–water partition coefficient (Wildman–Crippen LogP) is 4.51. The lowest BCUT2D eigenvalue weighted by Gasteiger charge is -2.01. The molecular formula is C19H14ClN5OS. The number of thiazole rings is 1. The van der Waals surface area contributed by atoms with Gasteiger partial charge in [0.15, 0.2) is 5.13 Å². The van der Waals surface area contributed by atoms with E-state index < -0.39 is 0 Å². The number of anilines is 1. The molecule has 134 valence electrons. The molecule has 1 N–H and O–H groups in total. The van der Waals surface area contributed by atoms with Crippen molar-refractivity contribution in [2.75, 3.05) is 5.32 Å². The molecule has 0 aliphatic rings. The minimum absolute atomic E-state index is 0.279. The molecule has 8 heteroatoms. The number of nitrogens with zero attached hydrogens (tertiary/aromatic N) is 4. The maximum absolute atomic E-state index is 12.7. The molecule has 0 aliphatic heterocycles. The van der Waals surface area contributed by atoms with E-state index in [0.29, 0.717) is 21.5 Å². The lowest BCUT2D eigenvalue weighted by Crippen LogP contribution is -2.15. The number of hydrogen-bond acceptors (Lipinski definition) is 5. The molecule has 4 rings (SSSR count). The minimum Gasteiger partial charge on any atom is -0.296 e. The summed E-state index contributed by atoms with van der Waals surface area (Å²) in [7, 11) is 1.72. The molecule has 0 fully saturated rings. The van der Waals surface area contributed by atoms with Gasteiger partial charge in [-0.25, -0.2) is 4.98 Å². The highest BCUT2D eigenvalue weighted by Gasteiger charge is 2.17. The van der Waals surface area contributed by atoms with Gasteiger partial charge in [-0.3, -0.25) is 19.8 Å². The van der Waals surface area contributed by atoms with E-state index in [4.69, 9.17) is 11.6 Å². The summed E-state index contributed by atoms with van der Waals surface area (Å²) in [5.74, 6) is -0.279. The van der Waals surface area contributed by atoms with E-state index in [-0.39, 0.29) is 5.91 Å². The molecule has 3 heterocycles. The number of pyridine rings is 1. The van der Waals surface area contributed by atoms with E-state index in [1.807, 2.05) is 35.7 Å². The molecule has 27 heavy (non-hydrogen) atoms. The number of carbonyl (C=O) groups is 1. The van der Waals surface area contributed by atoms with Crippen molar-refractivity contribution in [1.82, 2.24) is 19.7 Å². The third-order valence-electron chi connectivity index (χ3n) is 3.96. The molecule has 0 saturated heterocycles. The molecule has 0 radical (unpaired) electrons. The number of amides is 1. The standard InChI is InChI=1S/C19H14ClN5OS/c1-25-17(10-15(24-25)13-4-2-3-5-14(13)20)18(26)23-19-22-16(11-27-19)12-6-8-21-9-7-12/h2-11H,1H3,(H,22,23,26). The Morgan fingerprint density at radius 1 is 1.15 bits per heavy atom. The molecule has 1 amide bonds. The maximum atomic E-state index is 12.7. The van der Waals surface area contributed by atoms with Crippen molar-refractivity contribution in [3.8, 4) is 22.5 Å². The second kappa shape index (κ2) is 7.30. The first-order chi connectivity index (χ1) is 13.1. The highest BCUT2D eigenvalue weighted by atomic mass is 35.5. The van der Waals surface area contributed by atoms with Crippen LogP contribution in [0.4, 0.5) is 5.13 Å². The van der Waals surface area contributed by atoms with Gasteiger partial charge in [-0.1, -0.05) is 29.8 Å². The summed E-state index contributed by atoms with van der Waals surface area (Å²) in [4.78, 5) is 21.1. The summed E-state index contributed by atoms with van der Waals surface area (Å²) in [5, 5.41) is 10.2. The van der Waals surface area contributed by atoms with Crippen LogP contribution in [0.25, 0.3) is 22.5 Å². The van der Waals surface area contributed by atoms with Crippen LogP contribution in [0.3, 0.4) is 0 Å². The number of carbonyl (C=O) groups excluding carboxylic acids is 1. The minimum atomic E-state index is -0.279. The monoisotopic (exact) mass is 395 g/mol. The van der Waals surface area contributed by atoms with Crippen molar-refractivity contribution in [3.63, 3.8) is 0 Å². The lowest BCUT2D eigenvalue weighted by molar-refractivity contribution is 0.101. The van der Waals surface area contributed by atoms with Gasteiger partial charge in [-0.05, 0) is 24.3 Å². The third-order valence-corrected chi connectivity index (χ3v) is 5.05. The van der Waals surface area contributed by atoms with E-state index in [9.17, 15) is 4.79 Å². The second-order valence-corrected chi connectivity index (χ2v) is 7.01. The molecule has 0 saturated carbocycles. The fraction of sp³-hybridized carbons (Fsp3) is 0.0526. The van der Waals surface area contributed by atoms with E-state index in [1.165, 1.54) is 16.0 Å². The molecule has 1 aromatic carbocycles.